The number of nitrogens with zero attached hydrogens (tertiary/aromatic N) is 1. The van der Waals surface area contributed by atoms with E-state index in [2.05, 4.69) is 24.0 Å². The molecule has 1 fully saturated rings. The number of rotatable bonds is 2. The van der Waals surface area contributed by atoms with Crippen molar-refractivity contribution in [3.63, 3.8) is 0 Å². The van der Waals surface area contributed by atoms with Crippen LogP contribution in [-0.4, -0.2) is 10.1 Å². The average molecular weight is 255 g/mol. The molecule has 1 heterocycles. The van der Waals surface area contributed by atoms with Crippen molar-refractivity contribution in [3.8, 4) is 0 Å². The number of hydrogen-bond acceptors (Lipinski definition) is 2. The molecule has 0 amide bonds. The zero-order chi connectivity index (χ0) is 13.2. The summed E-state index contributed by atoms with van der Waals surface area (Å²) in [5.74, 6) is 0.434. The molecule has 2 aromatic rings. The highest BCUT2D eigenvalue weighted by molar-refractivity contribution is 5.79. The number of aromatic nitrogens is 1. The molecule has 3 rings (SSSR count). The summed E-state index contributed by atoms with van der Waals surface area (Å²) < 4.78 is 0. The lowest BCUT2D eigenvalue weighted by Gasteiger charge is -2.27. The van der Waals surface area contributed by atoms with Gasteiger partial charge in [-0.25, -0.2) is 0 Å². The molecule has 0 saturated heterocycles. The van der Waals surface area contributed by atoms with E-state index >= 15 is 0 Å². The van der Waals surface area contributed by atoms with Crippen molar-refractivity contribution in [1.82, 2.24) is 4.98 Å². The first kappa shape index (κ1) is 12.6. The molecule has 2 heteroatoms. The third kappa shape index (κ3) is 2.64. The normalized spacial score (nSPS) is 18.6. The number of pyridine rings is 1. The average Bonchev–Trinajstić information content (AvgIpc) is 2.46. The lowest BCUT2D eigenvalue weighted by Crippen LogP contribution is -2.15. The molecule has 1 atom stereocenters. The van der Waals surface area contributed by atoms with Crippen molar-refractivity contribution in [2.75, 3.05) is 0 Å². The van der Waals surface area contributed by atoms with E-state index in [1.807, 2.05) is 18.3 Å². The largest absolute Gasteiger partial charge is 0.388 e. The van der Waals surface area contributed by atoms with Crippen LogP contribution in [0.2, 0.25) is 0 Å². The molecule has 1 saturated carbocycles. The fraction of sp³-hybridized carbons (Fsp3) is 0.471. The van der Waals surface area contributed by atoms with E-state index in [9.17, 15) is 5.11 Å². The molecule has 1 aromatic heterocycles. The maximum absolute atomic E-state index is 10.6. The van der Waals surface area contributed by atoms with Gasteiger partial charge in [0.25, 0.3) is 0 Å². The second-order valence-electron chi connectivity index (χ2n) is 5.81. The minimum absolute atomic E-state index is 0.315. The van der Waals surface area contributed by atoms with Crippen molar-refractivity contribution in [2.24, 2.45) is 5.92 Å². The highest BCUT2D eigenvalue weighted by Crippen LogP contribution is 2.35. The van der Waals surface area contributed by atoms with Gasteiger partial charge in [0.2, 0.25) is 0 Å². The summed E-state index contributed by atoms with van der Waals surface area (Å²) >= 11 is 0. The lowest BCUT2D eigenvalue weighted by molar-refractivity contribution is 0.0849. The Morgan fingerprint density at radius 1 is 1.16 bits per heavy atom. The van der Waals surface area contributed by atoms with Gasteiger partial charge in [-0.2, -0.15) is 0 Å². The van der Waals surface area contributed by atoms with Gasteiger partial charge in [0.1, 0.15) is 0 Å². The Morgan fingerprint density at radius 2 is 1.95 bits per heavy atom. The summed E-state index contributed by atoms with van der Waals surface area (Å²) in [5, 5.41) is 11.7. The Kier molecular flexibility index (Phi) is 3.52. The smallest absolute Gasteiger partial charge is 0.0818 e. The number of aliphatic hydroxyl groups excluding tert-OH is 1. The van der Waals surface area contributed by atoms with E-state index in [-0.39, 0.29) is 6.10 Å². The Balaban J connectivity index is 1.91. The van der Waals surface area contributed by atoms with Crippen LogP contribution in [0.4, 0.5) is 0 Å². The van der Waals surface area contributed by atoms with Crippen LogP contribution in [0.15, 0.2) is 30.5 Å². The predicted octanol–water partition coefficient (Wildman–Crippen LogP) is 4.16. The molecule has 1 N–H and O–H groups in total. The van der Waals surface area contributed by atoms with Gasteiger partial charge >= 0.3 is 0 Å². The van der Waals surface area contributed by atoms with E-state index in [0.29, 0.717) is 5.92 Å². The van der Waals surface area contributed by atoms with E-state index in [1.165, 1.54) is 19.3 Å². The monoisotopic (exact) mass is 255 g/mol. The molecule has 19 heavy (non-hydrogen) atoms. The molecule has 0 radical (unpaired) electrons. The third-order valence-electron chi connectivity index (χ3n) is 4.28. The van der Waals surface area contributed by atoms with Gasteiger partial charge in [0.05, 0.1) is 11.6 Å². The van der Waals surface area contributed by atoms with E-state index < -0.39 is 0 Å². The van der Waals surface area contributed by atoms with E-state index in [4.69, 9.17) is 0 Å². The summed E-state index contributed by atoms with van der Waals surface area (Å²) in [6.45, 7) is 2.05. The first-order chi connectivity index (χ1) is 9.24. The van der Waals surface area contributed by atoms with Crippen LogP contribution in [0.3, 0.4) is 0 Å². The zero-order valence-electron chi connectivity index (χ0n) is 11.5. The van der Waals surface area contributed by atoms with Gasteiger partial charge in [-0.05, 0) is 55.0 Å². The minimum Gasteiger partial charge on any atom is -0.388 e. The lowest BCUT2D eigenvalue weighted by atomic mass is 9.82. The molecular formula is C17H21NO. The second kappa shape index (κ2) is 5.30. The molecule has 0 spiro atoms. The number of fused-ring (bicyclic) bond motifs is 1. The quantitative estimate of drug-likeness (QED) is 0.874. The second-order valence-corrected chi connectivity index (χ2v) is 5.81. The summed E-state index contributed by atoms with van der Waals surface area (Å²) in [6, 6.07) is 8.30. The summed E-state index contributed by atoms with van der Waals surface area (Å²) in [4.78, 5) is 4.41. The van der Waals surface area contributed by atoms with Crippen molar-refractivity contribution in [1.29, 1.82) is 0 Å². The molecule has 0 aliphatic heterocycles. The number of hydrogen-bond donors (Lipinski definition) is 1. The maximum Gasteiger partial charge on any atom is 0.0818 e. The van der Waals surface area contributed by atoms with Crippen molar-refractivity contribution >= 4 is 10.9 Å². The summed E-state index contributed by atoms with van der Waals surface area (Å²) in [7, 11) is 0. The fourth-order valence-electron chi connectivity index (χ4n) is 3.17. The van der Waals surface area contributed by atoms with Crippen LogP contribution < -0.4 is 0 Å². The van der Waals surface area contributed by atoms with Gasteiger partial charge in [0, 0.05) is 11.6 Å². The fourth-order valence-corrected chi connectivity index (χ4v) is 3.17. The predicted molar refractivity (Wildman–Crippen MR) is 78.0 cm³/mol. The highest BCUT2D eigenvalue weighted by Gasteiger charge is 2.23. The van der Waals surface area contributed by atoms with Crippen LogP contribution in [0.25, 0.3) is 10.9 Å². The first-order valence-electron chi connectivity index (χ1n) is 7.28. The Morgan fingerprint density at radius 3 is 2.74 bits per heavy atom. The number of benzene rings is 1. The van der Waals surface area contributed by atoms with Crippen LogP contribution in [0, 0.1) is 12.8 Å². The topological polar surface area (TPSA) is 33.1 Å². The van der Waals surface area contributed by atoms with Crippen LogP contribution in [0.1, 0.15) is 49.3 Å². The standard InChI is InChI=1S/C17H21NO/c1-12-9-15-10-14(7-8-16(15)18-11-12)17(19)13-5-3-2-4-6-13/h7-11,13,17,19H,2-6H2,1H3. The SMILES string of the molecule is Cc1cnc2ccc(C(O)C3CCCCC3)cc2c1. The Labute approximate surface area is 114 Å². The summed E-state index contributed by atoms with van der Waals surface area (Å²) in [6.07, 6.45) is 7.73. The molecular weight excluding hydrogens is 234 g/mol. The van der Waals surface area contributed by atoms with Gasteiger partial charge in [-0.15, -0.1) is 0 Å². The molecule has 1 aliphatic rings. The highest BCUT2D eigenvalue weighted by atomic mass is 16.3. The summed E-state index contributed by atoms with van der Waals surface area (Å²) in [5.41, 5.74) is 3.22. The molecule has 0 bridgehead atoms. The van der Waals surface area contributed by atoms with Gasteiger partial charge in [0.15, 0.2) is 0 Å². The van der Waals surface area contributed by atoms with Gasteiger partial charge in [-0.1, -0.05) is 25.3 Å². The van der Waals surface area contributed by atoms with Crippen molar-refractivity contribution < 1.29 is 5.11 Å². The third-order valence-corrected chi connectivity index (χ3v) is 4.28. The first-order valence-corrected chi connectivity index (χ1v) is 7.28. The molecule has 1 unspecified atom stereocenters. The number of aryl methyl sites for hydroxylation is 1. The molecule has 1 aromatic carbocycles. The van der Waals surface area contributed by atoms with E-state index in [1.54, 1.807) is 0 Å². The van der Waals surface area contributed by atoms with Gasteiger partial charge < -0.3 is 5.11 Å². The van der Waals surface area contributed by atoms with Crippen LogP contribution in [-0.2, 0) is 0 Å². The number of aliphatic hydroxyl groups is 1. The van der Waals surface area contributed by atoms with Crippen LogP contribution >= 0.6 is 0 Å². The molecule has 1 aliphatic carbocycles. The van der Waals surface area contributed by atoms with Crippen molar-refractivity contribution in [2.45, 2.75) is 45.1 Å². The maximum atomic E-state index is 10.6. The van der Waals surface area contributed by atoms with Crippen molar-refractivity contribution in [3.05, 3.63) is 41.6 Å². The molecule has 2 nitrogen and oxygen atoms in total. The van der Waals surface area contributed by atoms with Crippen LogP contribution in [0.5, 0.6) is 0 Å². The Bertz CT molecular complexity index is 572. The minimum atomic E-state index is -0.315. The molecule has 100 valence electrons. The Hall–Kier alpha value is -1.41. The zero-order valence-corrected chi connectivity index (χ0v) is 11.5. The van der Waals surface area contributed by atoms with Gasteiger partial charge in [-0.3, -0.25) is 4.98 Å². The van der Waals surface area contributed by atoms with E-state index in [0.717, 1.165) is 34.9 Å².